The highest BCUT2D eigenvalue weighted by Gasteiger charge is 2.34. The second-order valence-corrected chi connectivity index (χ2v) is 10.0. The third kappa shape index (κ3) is 5.81. The number of carbonyl (C=O) groups excluding carboxylic acids is 1. The largest absolute Gasteiger partial charge is 0.444 e. The number of fused-ring (bicyclic) bond motifs is 1. The highest BCUT2D eigenvalue weighted by Crippen LogP contribution is 2.52. The lowest BCUT2D eigenvalue weighted by atomic mass is 10.1. The Labute approximate surface area is 167 Å². The van der Waals surface area contributed by atoms with E-state index < -0.39 is 19.3 Å². The molecule has 0 radical (unpaired) electrons. The number of hydrogen-bond acceptors (Lipinski definition) is 5. The van der Waals surface area contributed by atoms with Crippen LogP contribution in [0.15, 0.2) is 36.4 Å². The van der Waals surface area contributed by atoms with Gasteiger partial charge in [-0.15, -0.1) is 0 Å². The summed E-state index contributed by atoms with van der Waals surface area (Å²) in [5.41, 5.74) is -0.293. The number of benzene rings is 2. The van der Waals surface area contributed by atoms with Gasteiger partial charge in [0, 0.05) is 5.39 Å². The Morgan fingerprint density at radius 1 is 0.964 bits per heavy atom. The second kappa shape index (κ2) is 8.64. The monoisotopic (exact) mass is 407 g/mol. The zero-order chi connectivity index (χ0) is 21.1. The smallest absolute Gasteiger partial charge is 0.412 e. The van der Waals surface area contributed by atoms with Crippen molar-refractivity contribution in [3.05, 3.63) is 36.4 Å². The van der Waals surface area contributed by atoms with Crippen LogP contribution in [0.2, 0.25) is 0 Å². The quantitative estimate of drug-likeness (QED) is 0.608. The molecule has 2 rings (SSSR count). The molecule has 0 spiro atoms. The van der Waals surface area contributed by atoms with Gasteiger partial charge < -0.3 is 13.8 Å². The van der Waals surface area contributed by atoms with Crippen molar-refractivity contribution in [2.24, 2.45) is 0 Å². The molecule has 1 amide bonds. The molecule has 0 unspecified atom stereocenters. The van der Waals surface area contributed by atoms with Crippen LogP contribution in [0.1, 0.15) is 48.5 Å². The van der Waals surface area contributed by atoms with Crippen LogP contribution in [-0.2, 0) is 18.3 Å². The summed E-state index contributed by atoms with van der Waals surface area (Å²) in [5, 5.41) is 4.69. The molecule has 0 heterocycles. The number of rotatable bonds is 6. The van der Waals surface area contributed by atoms with Crippen molar-refractivity contribution in [3.8, 4) is 0 Å². The van der Waals surface area contributed by atoms with Crippen molar-refractivity contribution in [3.63, 3.8) is 0 Å². The van der Waals surface area contributed by atoms with Crippen molar-refractivity contribution >= 4 is 35.5 Å². The summed E-state index contributed by atoms with van der Waals surface area (Å²) in [6.07, 6.45) is -1.29. The molecule has 0 fully saturated rings. The number of amides is 1. The van der Waals surface area contributed by atoms with Gasteiger partial charge in [-0.25, -0.2) is 4.79 Å². The first kappa shape index (κ1) is 22.4. The highest BCUT2D eigenvalue weighted by molar-refractivity contribution is 7.62. The van der Waals surface area contributed by atoms with E-state index in [0.717, 1.165) is 10.8 Å². The van der Waals surface area contributed by atoms with Gasteiger partial charge in [-0.3, -0.25) is 9.88 Å². The molecule has 2 aromatic carbocycles. The van der Waals surface area contributed by atoms with Crippen LogP contribution in [0.5, 0.6) is 0 Å². The van der Waals surface area contributed by atoms with Crippen molar-refractivity contribution in [1.29, 1.82) is 0 Å². The minimum absolute atomic E-state index is 0.305. The lowest BCUT2D eigenvalue weighted by Gasteiger charge is -2.26. The van der Waals surface area contributed by atoms with Gasteiger partial charge >= 0.3 is 13.7 Å². The van der Waals surface area contributed by atoms with Gasteiger partial charge in [0.2, 0.25) is 0 Å². The fraction of sp³-hybridized carbons (Fsp3) is 0.476. The van der Waals surface area contributed by atoms with Crippen LogP contribution in [0.4, 0.5) is 10.5 Å². The summed E-state index contributed by atoms with van der Waals surface area (Å²) in [4.78, 5) is 12.5. The van der Waals surface area contributed by atoms with Gasteiger partial charge in [0.25, 0.3) is 0 Å². The van der Waals surface area contributed by atoms with Crippen LogP contribution in [-0.4, -0.2) is 23.9 Å². The van der Waals surface area contributed by atoms with Crippen LogP contribution < -0.4 is 10.6 Å². The topological polar surface area (TPSA) is 73.9 Å². The van der Waals surface area contributed by atoms with E-state index in [4.69, 9.17) is 13.8 Å². The van der Waals surface area contributed by atoms with Crippen LogP contribution in [0.3, 0.4) is 0 Å². The van der Waals surface area contributed by atoms with E-state index in [1.165, 1.54) is 0 Å². The Morgan fingerprint density at radius 3 is 2.07 bits per heavy atom. The minimum atomic E-state index is -3.70. The van der Waals surface area contributed by atoms with Crippen molar-refractivity contribution in [1.82, 2.24) is 0 Å². The van der Waals surface area contributed by atoms with Crippen LogP contribution in [0.25, 0.3) is 10.8 Å². The Kier molecular flexibility index (Phi) is 6.92. The molecule has 0 aliphatic carbocycles. The zero-order valence-electron chi connectivity index (χ0n) is 17.6. The zero-order valence-corrected chi connectivity index (χ0v) is 18.5. The predicted octanol–water partition coefficient (Wildman–Crippen LogP) is 5.86. The van der Waals surface area contributed by atoms with Gasteiger partial charge in [-0.05, 0) is 59.9 Å². The summed E-state index contributed by atoms with van der Waals surface area (Å²) in [6.45, 7) is 12.5. The number of nitrogens with one attached hydrogen (secondary N) is 1. The molecule has 1 N–H and O–H groups in total. The standard InChI is InChI=1S/C21H30NO5P/c1-14(2)26-28(24,27-15(3)4)18-13-12-16-10-8-9-11-17(16)19(18)22-20(23)25-21(5,6)7/h8-15H,1-7H3,(H,22,23). The average molecular weight is 407 g/mol. The molecular weight excluding hydrogens is 377 g/mol. The molecule has 2 aromatic rings. The lowest BCUT2D eigenvalue weighted by molar-refractivity contribution is 0.0636. The first-order valence-electron chi connectivity index (χ1n) is 9.40. The molecule has 0 aromatic heterocycles. The highest BCUT2D eigenvalue weighted by atomic mass is 31.2. The summed E-state index contributed by atoms with van der Waals surface area (Å²) < 4.78 is 30.6. The summed E-state index contributed by atoms with van der Waals surface area (Å²) in [5.74, 6) is 0. The molecule has 0 aliphatic heterocycles. The fourth-order valence-electron chi connectivity index (χ4n) is 2.72. The maximum Gasteiger partial charge on any atom is 0.412 e. The van der Waals surface area contributed by atoms with E-state index in [-0.39, 0.29) is 12.2 Å². The number of hydrogen-bond donors (Lipinski definition) is 1. The van der Waals surface area contributed by atoms with Gasteiger partial charge in [-0.2, -0.15) is 0 Å². The Balaban J connectivity index is 2.64. The molecule has 154 valence electrons. The van der Waals surface area contributed by atoms with Gasteiger partial charge in [0.1, 0.15) is 5.60 Å². The van der Waals surface area contributed by atoms with E-state index in [9.17, 15) is 9.36 Å². The predicted molar refractivity (Wildman–Crippen MR) is 113 cm³/mol. The molecular formula is C21H30NO5P. The van der Waals surface area contributed by atoms with E-state index in [0.29, 0.717) is 11.0 Å². The van der Waals surface area contributed by atoms with Crippen molar-refractivity contribution < 1.29 is 23.1 Å². The maximum absolute atomic E-state index is 13.7. The minimum Gasteiger partial charge on any atom is -0.444 e. The molecule has 0 saturated heterocycles. The Bertz CT molecular complexity index is 872. The molecule has 6 nitrogen and oxygen atoms in total. The fourth-order valence-corrected chi connectivity index (χ4v) is 4.81. The van der Waals surface area contributed by atoms with E-state index in [1.807, 2.05) is 30.3 Å². The molecule has 0 bridgehead atoms. The van der Waals surface area contributed by atoms with E-state index in [2.05, 4.69) is 5.32 Å². The van der Waals surface area contributed by atoms with E-state index in [1.54, 1.807) is 54.5 Å². The van der Waals surface area contributed by atoms with Crippen LogP contribution >= 0.6 is 7.60 Å². The maximum atomic E-state index is 13.7. The summed E-state index contributed by atoms with van der Waals surface area (Å²) >= 11 is 0. The van der Waals surface area contributed by atoms with Gasteiger partial charge in [0.05, 0.1) is 23.2 Å². The lowest BCUT2D eigenvalue weighted by Crippen LogP contribution is -2.29. The third-order valence-electron chi connectivity index (χ3n) is 3.53. The number of ether oxygens (including phenoxy) is 1. The number of carbonyl (C=O) groups is 1. The molecule has 0 atom stereocenters. The van der Waals surface area contributed by atoms with Crippen molar-refractivity contribution in [2.45, 2.75) is 66.3 Å². The molecule has 0 saturated carbocycles. The average Bonchev–Trinajstić information content (AvgIpc) is 2.51. The first-order valence-corrected chi connectivity index (χ1v) is 10.9. The van der Waals surface area contributed by atoms with E-state index >= 15 is 0 Å². The molecule has 28 heavy (non-hydrogen) atoms. The third-order valence-corrected chi connectivity index (χ3v) is 5.89. The van der Waals surface area contributed by atoms with Crippen LogP contribution in [0, 0.1) is 0 Å². The van der Waals surface area contributed by atoms with Gasteiger partial charge in [0.15, 0.2) is 0 Å². The van der Waals surface area contributed by atoms with Crippen molar-refractivity contribution in [2.75, 3.05) is 5.32 Å². The summed E-state index contributed by atoms with van der Waals surface area (Å²) in [7, 11) is -3.70. The Morgan fingerprint density at radius 2 is 1.54 bits per heavy atom. The number of anilines is 1. The van der Waals surface area contributed by atoms with Gasteiger partial charge in [-0.1, -0.05) is 30.3 Å². The molecule has 7 heteroatoms. The SMILES string of the molecule is CC(C)OP(=O)(OC(C)C)c1ccc2ccccc2c1NC(=O)OC(C)(C)C. The summed E-state index contributed by atoms with van der Waals surface area (Å²) in [6, 6.07) is 11.0. The normalized spacial score (nSPS) is 12.6. The molecule has 0 aliphatic rings. The second-order valence-electron chi connectivity index (χ2n) is 8.11. The Hall–Kier alpha value is -1.88. The first-order chi connectivity index (χ1) is 12.9.